The smallest absolute Gasteiger partial charge is 0.353 e. The number of likely N-dealkylation sites (N-methyl/N-ethyl adjacent to an activating group) is 1. The van der Waals surface area contributed by atoms with Gasteiger partial charge in [-0.1, -0.05) is 0 Å². The second-order valence-electron chi connectivity index (χ2n) is 7.18. The quantitative estimate of drug-likeness (QED) is 0.848. The number of aryl methyl sites for hydroxylation is 1. The number of hydrogen-bond donors (Lipinski definition) is 1. The molecule has 1 aromatic carbocycles. The topological polar surface area (TPSA) is 40.5 Å². The second kappa shape index (κ2) is 8.36. The van der Waals surface area contributed by atoms with E-state index in [1.54, 1.807) is 0 Å². The third-order valence-corrected chi connectivity index (χ3v) is 5.23. The zero-order valence-electron chi connectivity index (χ0n) is 16.0. The highest BCUT2D eigenvalue weighted by atomic mass is 19.4. The van der Waals surface area contributed by atoms with Crippen molar-refractivity contribution in [2.45, 2.75) is 12.2 Å². The van der Waals surface area contributed by atoms with Crippen LogP contribution in [0.2, 0.25) is 0 Å². The molecule has 1 aromatic heterocycles. The number of hydrogen-bond acceptors (Lipinski definition) is 3. The van der Waals surface area contributed by atoms with Crippen LogP contribution in [0.25, 0.3) is 0 Å². The van der Waals surface area contributed by atoms with Gasteiger partial charge in [-0.05, 0) is 43.4 Å². The highest BCUT2D eigenvalue weighted by Crippen LogP contribution is 2.29. The maximum absolute atomic E-state index is 12.7. The van der Waals surface area contributed by atoms with Gasteiger partial charge in [-0.2, -0.15) is 13.2 Å². The molecule has 0 aliphatic carbocycles. The minimum Gasteiger partial charge on any atom is -0.353 e. The van der Waals surface area contributed by atoms with Gasteiger partial charge in [-0.25, -0.2) is 0 Å². The lowest BCUT2D eigenvalue weighted by atomic mass is 10.1. The largest absolute Gasteiger partial charge is 0.416 e. The summed E-state index contributed by atoms with van der Waals surface area (Å²) in [7, 11) is 4.05. The lowest BCUT2D eigenvalue weighted by Gasteiger charge is -2.38. The Labute approximate surface area is 162 Å². The van der Waals surface area contributed by atoms with Crippen molar-refractivity contribution < 1.29 is 18.0 Å². The first-order valence-electron chi connectivity index (χ1n) is 9.25. The third kappa shape index (κ3) is 4.74. The van der Waals surface area contributed by atoms with Gasteiger partial charge in [0.25, 0.3) is 5.91 Å². The van der Waals surface area contributed by atoms with Crippen LogP contribution in [0.3, 0.4) is 0 Å². The summed E-state index contributed by atoms with van der Waals surface area (Å²) in [5.41, 5.74) is 0.553. The molecule has 3 rings (SSSR count). The predicted molar refractivity (Wildman–Crippen MR) is 101 cm³/mol. The Hall–Kier alpha value is -2.32. The van der Waals surface area contributed by atoms with Gasteiger partial charge in [-0.15, -0.1) is 0 Å². The second-order valence-corrected chi connectivity index (χ2v) is 7.18. The molecule has 8 heteroatoms. The van der Waals surface area contributed by atoms with E-state index in [-0.39, 0.29) is 17.5 Å². The first-order valence-corrected chi connectivity index (χ1v) is 9.25. The number of benzene rings is 1. The van der Waals surface area contributed by atoms with E-state index in [4.69, 9.17) is 0 Å². The third-order valence-electron chi connectivity index (χ3n) is 5.23. The number of alkyl halides is 3. The molecule has 1 saturated heterocycles. The van der Waals surface area contributed by atoms with Gasteiger partial charge in [0.2, 0.25) is 0 Å². The van der Waals surface area contributed by atoms with Gasteiger partial charge < -0.3 is 14.8 Å². The molecule has 5 nitrogen and oxygen atoms in total. The van der Waals surface area contributed by atoms with Gasteiger partial charge in [0.05, 0.1) is 11.6 Å². The van der Waals surface area contributed by atoms with Crippen LogP contribution >= 0.6 is 0 Å². The summed E-state index contributed by atoms with van der Waals surface area (Å²) in [6.07, 6.45) is -2.44. The van der Waals surface area contributed by atoms with Crippen LogP contribution in [-0.4, -0.2) is 60.0 Å². The Balaban J connectivity index is 1.69. The van der Waals surface area contributed by atoms with Crippen molar-refractivity contribution in [1.82, 2.24) is 19.7 Å². The zero-order chi connectivity index (χ0) is 20.3. The van der Waals surface area contributed by atoms with Crippen molar-refractivity contribution in [2.75, 3.05) is 39.8 Å². The van der Waals surface area contributed by atoms with Crippen molar-refractivity contribution in [3.8, 4) is 0 Å². The highest BCUT2D eigenvalue weighted by molar-refractivity contribution is 5.94. The Kier molecular flexibility index (Phi) is 6.10. The molecule has 28 heavy (non-hydrogen) atoms. The number of halogens is 3. The molecule has 152 valence electrons. The number of amides is 1. The molecule has 0 radical (unpaired) electrons. The Bertz CT molecular complexity index is 793. The van der Waals surface area contributed by atoms with Crippen LogP contribution < -0.4 is 5.32 Å². The number of rotatable bonds is 5. The molecular weight excluding hydrogens is 369 g/mol. The zero-order valence-corrected chi connectivity index (χ0v) is 16.0. The first-order chi connectivity index (χ1) is 13.3. The van der Waals surface area contributed by atoms with Crippen LogP contribution in [0.5, 0.6) is 0 Å². The van der Waals surface area contributed by atoms with Gasteiger partial charge in [0.1, 0.15) is 0 Å². The monoisotopic (exact) mass is 394 g/mol. The Morgan fingerprint density at radius 2 is 1.71 bits per heavy atom. The number of carbonyl (C=O) groups excluding carboxylic acids is 1. The summed E-state index contributed by atoms with van der Waals surface area (Å²) in [6.45, 7) is 4.08. The molecule has 1 unspecified atom stereocenters. The lowest BCUT2D eigenvalue weighted by Crippen LogP contribution is -2.48. The average Bonchev–Trinajstić information content (AvgIpc) is 3.08. The molecule has 1 atom stereocenters. The molecular formula is C20H25F3N4O. The van der Waals surface area contributed by atoms with E-state index >= 15 is 0 Å². The van der Waals surface area contributed by atoms with E-state index in [1.165, 1.54) is 12.1 Å². The van der Waals surface area contributed by atoms with Crippen LogP contribution in [-0.2, 0) is 13.2 Å². The summed E-state index contributed by atoms with van der Waals surface area (Å²) < 4.78 is 40.1. The molecule has 0 saturated carbocycles. The SMILES string of the molecule is CN1CCN(C(CNC(=O)c2ccc(C(F)(F)F)cc2)c2cccn2C)CC1. The lowest BCUT2D eigenvalue weighted by molar-refractivity contribution is -0.137. The summed E-state index contributed by atoms with van der Waals surface area (Å²) in [6, 6.07) is 8.31. The number of nitrogens with zero attached hydrogens (tertiary/aromatic N) is 3. The minimum absolute atomic E-state index is 0.00657. The molecule has 1 aliphatic rings. The molecule has 1 aliphatic heterocycles. The average molecular weight is 394 g/mol. The summed E-state index contributed by atoms with van der Waals surface area (Å²) in [5, 5.41) is 2.89. The van der Waals surface area contributed by atoms with Crippen molar-refractivity contribution in [3.63, 3.8) is 0 Å². The van der Waals surface area contributed by atoms with Crippen molar-refractivity contribution in [2.24, 2.45) is 7.05 Å². The fourth-order valence-electron chi connectivity index (χ4n) is 3.48. The summed E-state index contributed by atoms with van der Waals surface area (Å²) in [5.74, 6) is -0.373. The van der Waals surface area contributed by atoms with E-state index in [0.29, 0.717) is 6.54 Å². The Morgan fingerprint density at radius 3 is 2.25 bits per heavy atom. The fourth-order valence-corrected chi connectivity index (χ4v) is 3.48. The molecule has 1 amide bonds. The van der Waals surface area contributed by atoms with E-state index in [0.717, 1.165) is 44.0 Å². The van der Waals surface area contributed by atoms with Crippen molar-refractivity contribution in [1.29, 1.82) is 0 Å². The maximum Gasteiger partial charge on any atom is 0.416 e. The number of piperazine rings is 1. The van der Waals surface area contributed by atoms with E-state index in [9.17, 15) is 18.0 Å². The van der Waals surface area contributed by atoms with Gasteiger partial charge in [0.15, 0.2) is 0 Å². The normalized spacial score (nSPS) is 17.5. The summed E-state index contributed by atoms with van der Waals surface area (Å²) in [4.78, 5) is 17.1. The highest BCUT2D eigenvalue weighted by Gasteiger charge is 2.30. The van der Waals surface area contributed by atoms with Gasteiger partial charge in [0, 0.05) is 57.2 Å². The molecule has 1 N–H and O–H groups in total. The van der Waals surface area contributed by atoms with Crippen LogP contribution in [0.1, 0.15) is 27.7 Å². The van der Waals surface area contributed by atoms with Crippen LogP contribution in [0, 0.1) is 0 Å². The van der Waals surface area contributed by atoms with Gasteiger partial charge in [-0.3, -0.25) is 9.69 Å². The summed E-state index contributed by atoms with van der Waals surface area (Å²) >= 11 is 0. The van der Waals surface area contributed by atoms with Crippen LogP contribution in [0.4, 0.5) is 13.2 Å². The van der Waals surface area contributed by atoms with Crippen molar-refractivity contribution >= 4 is 5.91 Å². The molecule has 1 fully saturated rings. The number of nitrogens with one attached hydrogen (secondary N) is 1. The van der Waals surface area contributed by atoms with Crippen molar-refractivity contribution in [3.05, 3.63) is 59.4 Å². The number of aromatic nitrogens is 1. The first kappa shape index (κ1) is 20.4. The van der Waals surface area contributed by atoms with Crippen LogP contribution in [0.15, 0.2) is 42.6 Å². The molecule has 0 spiro atoms. The minimum atomic E-state index is -4.41. The predicted octanol–water partition coefficient (Wildman–Crippen LogP) is 2.76. The number of carbonyl (C=O) groups is 1. The maximum atomic E-state index is 12.7. The van der Waals surface area contributed by atoms with E-state index < -0.39 is 11.7 Å². The fraction of sp³-hybridized carbons (Fsp3) is 0.450. The Morgan fingerprint density at radius 1 is 1.07 bits per heavy atom. The molecule has 2 aromatic rings. The standard InChI is InChI=1S/C20H25F3N4O/c1-25-10-12-27(13-11-25)18(17-4-3-9-26(17)2)14-24-19(28)15-5-7-16(8-6-15)20(21,22)23/h3-9,18H,10-14H2,1-2H3,(H,24,28). The van der Waals surface area contributed by atoms with E-state index in [1.807, 2.05) is 29.9 Å². The molecule has 0 bridgehead atoms. The molecule has 2 heterocycles. The van der Waals surface area contributed by atoms with Gasteiger partial charge >= 0.3 is 6.18 Å². The van der Waals surface area contributed by atoms with E-state index in [2.05, 4.69) is 22.2 Å².